The van der Waals surface area contributed by atoms with Crippen LogP contribution in [0.25, 0.3) is 10.9 Å². The van der Waals surface area contributed by atoms with Crippen LogP contribution in [-0.4, -0.2) is 24.5 Å². The summed E-state index contributed by atoms with van der Waals surface area (Å²) in [5.74, 6) is 0.594. The maximum absolute atomic E-state index is 11.2. The van der Waals surface area contributed by atoms with E-state index in [4.69, 9.17) is 4.74 Å². The van der Waals surface area contributed by atoms with Gasteiger partial charge >= 0.3 is 0 Å². The number of carbonyl (C=O) groups excluding carboxylic acids is 1. The summed E-state index contributed by atoms with van der Waals surface area (Å²) in [7, 11) is 1.65. The van der Waals surface area contributed by atoms with Crippen molar-refractivity contribution in [3.8, 4) is 5.75 Å². The Bertz CT molecular complexity index is 537. The van der Waals surface area contributed by atoms with Gasteiger partial charge in [-0.15, -0.1) is 0 Å². The number of hydrogen-bond donors (Lipinski definition) is 2. The van der Waals surface area contributed by atoms with E-state index in [1.807, 2.05) is 30.3 Å². The Morgan fingerprint density at radius 3 is 3.00 bits per heavy atom. The second-order valence-electron chi connectivity index (χ2n) is 3.73. The molecule has 0 bridgehead atoms. The van der Waals surface area contributed by atoms with Crippen LogP contribution in [0.5, 0.6) is 5.75 Å². The number of aromatic nitrogens is 1. The summed E-state index contributed by atoms with van der Waals surface area (Å²) in [5.41, 5.74) is 5.88. The number of amides is 1. The molecule has 0 fully saturated rings. The van der Waals surface area contributed by atoms with Gasteiger partial charge in [-0.25, -0.2) is 5.43 Å². The topological polar surface area (TPSA) is 63.2 Å². The van der Waals surface area contributed by atoms with Crippen molar-refractivity contribution in [1.82, 2.24) is 15.8 Å². The Morgan fingerprint density at radius 1 is 1.33 bits per heavy atom. The molecule has 1 aromatic heterocycles. The van der Waals surface area contributed by atoms with E-state index < -0.39 is 0 Å². The molecule has 0 aliphatic heterocycles. The first-order valence-electron chi connectivity index (χ1n) is 5.73. The number of pyridine rings is 1. The molecule has 1 heterocycles. The summed E-state index contributed by atoms with van der Waals surface area (Å²) < 4.78 is 5.59. The first kappa shape index (κ1) is 12.3. The molecule has 2 aromatic rings. The van der Waals surface area contributed by atoms with Gasteiger partial charge in [0.05, 0.1) is 13.0 Å². The van der Waals surface area contributed by atoms with E-state index in [1.165, 1.54) is 0 Å². The fourth-order valence-electron chi connectivity index (χ4n) is 1.65. The second-order valence-corrected chi connectivity index (χ2v) is 3.73. The number of benzene rings is 1. The molecule has 0 radical (unpaired) electrons. The normalized spacial score (nSPS) is 10.3. The third kappa shape index (κ3) is 2.95. The molecule has 0 saturated carbocycles. The van der Waals surface area contributed by atoms with Crippen molar-refractivity contribution in [2.75, 3.05) is 13.7 Å². The highest BCUT2D eigenvalue weighted by Gasteiger charge is 2.04. The van der Waals surface area contributed by atoms with Gasteiger partial charge in [-0.1, -0.05) is 18.2 Å². The van der Waals surface area contributed by atoms with Crippen molar-refractivity contribution in [1.29, 1.82) is 0 Å². The van der Waals surface area contributed by atoms with Gasteiger partial charge in [0.1, 0.15) is 11.3 Å². The van der Waals surface area contributed by atoms with Crippen LogP contribution in [0.15, 0.2) is 36.5 Å². The lowest BCUT2D eigenvalue weighted by Crippen LogP contribution is -2.34. The highest BCUT2D eigenvalue weighted by molar-refractivity contribution is 5.84. The third-order valence-electron chi connectivity index (χ3n) is 2.45. The minimum Gasteiger partial charge on any atom is -0.491 e. The predicted molar refractivity (Wildman–Crippen MR) is 69.1 cm³/mol. The average Bonchev–Trinajstić information content (AvgIpc) is 2.39. The van der Waals surface area contributed by atoms with Crippen LogP contribution >= 0.6 is 0 Å². The summed E-state index contributed by atoms with van der Waals surface area (Å²) in [6, 6.07) is 9.59. The quantitative estimate of drug-likeness (QED) is 0.778. The highest BCUT2D eigenvalue weighted by Crippen LogP contribution is 2.22. The summed E-state index contributed by atoms with van der Waals surface area (Å²) >= 11 is 0. The predicted octanol–water partition coefficient (Wildman–Crippen LogP) is 1.25. The lowest BCUT2D eigenvalue weighted by atomic mass is 10.2. The molecule has 0 spiro atoms. The van der Waals surface area contributed by atoms with Gasteiger partial charge in [0.2, 0.25) is 5.91 Å². The fourth-order valence-corrected chi connectivity index (χ4v) is 1.65. The van der Waals surface area contributed by atoms with Gasteiger partial charge in [0.25, 0.3) is 0 Å². The van der Waals surface area contributed by atoms with Gasteiger partial charge in [0, 0.05) is 18.6 Å². The van der Waals surface area contributed by atoms with Crippen molar-refractivity contribution >= 4 is 16.8 Å². The maximum Gasteiger partial charge on any atom is 0.237 e. The van der Waals surface area contributed by atoms with Crippen molar-refractivity contribution in [2.24, 2.45) is 0 Å². The Labute approximate surface area is 105 Å². The molecular formula is C13H15N3O2. The lowest BCUT2D eigenvalue weighted by Gasteiger charge is -2.08. The number of hydrazine groups is 1. The molecule has 0 atom stereocenters. The zero-order chi connectivity index (χ0) is 12.8. The van der Waals surface area contributed by atoms with E-state index in [9.17, 15) is 4.79 Å². The zero-order valence-corrected chi connectivity index (χ0v) is 10.1. The molecule has 2 N–H and O–H groups in total. The van der Waals surface area contributed by atoms with E-state index >= 15 is 0 Å². The zero-order valence-electron chi connectivity index (χ0n) is 10.1. The monoisotopic (exact) mass is 245 g/mol. The molecule has 18 heavy (non-hydrogen) atoms. The maximum atomic E-state index is 11.2. The number of fused-ring (bicyclic) bond motifs is 1. The SMILES string of the molecule is CNNC(=O)CCOc1cccc2cccnc12. The van der Waals surface area contributed by atoms with Crippen LogP contribution in [0, 0.1) is 0 Å². The third-order valence-corrected chi connectivity index (χ3v) is 2.45. The summed E-state index contributed by atoms with van der Waals surface area (Å²) in [6.45, 7) is 0.323. The Balaban J connectivity index is 2.01. The smallest absolute Gasteiger partial charge is 0.237 e. The van der Waals surface area contributed by atoms with E-state index in [2.05, 4.69) is 15.8 Å². The molecule has 0 aliphatic carbocycles. The number of carbonyl (C=O) groups is 1. The molecule has 5 heteroatoms. The average molecular weight is 245 g/mol. The molecule has 1 aromatic carbocycles. The van der Waals surface area contributed by atoms with Gasteiger partial charge < -0.3 is 4.74 Å². The highest BCUT2D eigenvalue weighted by atomic mass is 16.5. The minimum atomic E-state index is -0.106. The number of nitrogens with zero attached hydrogens (tertiary/aromatic N) is 1. The first-order valence-corrected chi connectivity index (χ1v) is 5.73. The molecular weight excluding hydrogens is 230 g/mol. The van der Waals surface area contributed by atoms with Crippen molar-refractivity contribution in [3.63, 3.8) is 0 Å². The standard InChI is InChI=1S/C13H15N3O2/c1-14-16-12(17)7-9-18-11-6-2-4-10-5-3-8-15-13(10)11/h2-6,8,14H,7,9H2,1H3,(H,16,17). The molecule has 0 saturated heterocycles. The van der Waals surface area contributed by atoms with Gasteiger partial charge in [0.15, 0.2) is 0 Å². The van der Waals surface area contributed by atoms with Crippen LogP contribution in [0.2, 0.25) is 0 Å². The van der Waals surface area contributed by atoms with Crippen molar-refractivity contribution in [3.05, 3.63) is 36.5 Å². The van der Waals surface area contributed by atoms with E-state index in [0.717, 1.165) is 10.9 Å². The molecule has 1 amide bonds. The second kappa shape index (κ2) is 5.97. The van der Waals surface area contributed by atoms with Crippen LogP contribution < -0.4 is 15.6 Å². The molecule has 0 unspecified atom stereocenters. The summed E-state index contributed by atoms with van der Waals surface area (Å²) in [4.78, 5) is 15.5. The molecule has 94 valence electrons. The number of ether oxygens (including phenoxy) is 1. The summed E-state index contributed by atoms with van der Waals surface area (Å²) in [5, 5.41) is 1.02. The number of para-hydroxylation sites is 1. The largest absolute Gasteiger partial charge is 0.491 e. The number of rotatable bonds is 5. The van der Waals surface area contributed by atoms with Gasteiger partial charge in [-0.2, -0.15) is 0 Å². The van der Waals surface area contributed by atoms with Crippen molar-refractivity contribution < 1.29 is 9.53 Å². The number of nitrogens with one attached hydrogen (secondary N) is 2. The molecule has 0 aliphatic rings. The Hall–Kier alpha value is -2.14. The first-order chi connectivity index (χ1) is 8.81. The van der Waals surface area contributed by atoms with Crippen LogP contribution in [0.4, 0.5) is 0 Å². The van der Waals surface area contributed by atoms with E-state index in [1.54, 1.807) is 13.2 Å². The minimum absolute atomic E-state index is 0.106. The van der Waals surface area contributed by atoms with E-state index in [-0.39, 0.29) is 5.91 Å². The van der Waals surface area contributed by atoms with E-state index in [0.29, 0.717) is 18.8 Å². The summed E-state index contributed by atoms with van der Waals surface area (Å²) in [6.07, 6.45) is 2.02. The Kier molecular flexibility index (Phi) is 4.09. The van der Waals surface area contributed by atoms with Crippen LogP contribution in [0.3, 0.4) is 0 Å². The Morgan fingerprint density at radius 2 is 2.17 bits per heavy atom. The fraction of sp³-hybridized carbons (Fsp3) is 0.231. The van der Waals surface area contributed by atoms with Crippen LogP contribution in [0.1, 0.15) is 6.42 Å². The number of hydrogen-bond acceptors (Lipinski definition) is 4. The molecule has 2 rings (SSSR count). The van der Waals surface area contributed by atoms with Crippen molar-refractivity contribution in [2.45, 2.75) is 6.42 Å². The van der Waals surface area contributed by atoms with Gasteiger partial charge in [-0.05, 0) is 12.1 Å². The van der Waals surface area contributed by atoms with Crippen LogP contribution in [-0.2, 0) is 4.79 Å². The molecule has 5 nitrogen and oxygen atoms in total. The lowest BCUT2D eigenvalue weighted by molar-refractivity contribution is -0.122. The van der Waals surface area contributed by atoms with Gasteiger partial charge in [-0.3, -0.25) is 15.2 Å².